The maximum Gasteiger partial charge on any atom is 0.244 e. The molecule has 1 atom stereocenters. The van der Waals surface area contributed by atoms with Crippen LogP contribution in [0.1, 0.15) is 6.92 Å². The molecule has 0 N–H and O–H groups in total. The van der Waals surface area contributed by atoms with Crippen molar-refractivity contribution in [1.82, 2.24) is 18.7 Å². The van der Waals surface area contributed by atoms with Crippen molar-refractivity contribution >= 4 is 26.6 Å². The summed E-state index contributed by atoms with van der Waals surface area (Å²) in [5, 5.41) is 5.44. The van der Waals surface area contributed by atoms with Crippen molar-refractivity contribution < 1.29 is 12.8 Å². The summed E-state index contributed by atoms with van der Waals surface area (Å²) in [6, 6.07) is 14.0. The van der Waals surface area contributed by atoms with Crippen molar-refractivity contribution in [2.24, 2.45) is 7.05 Å². The molecule has 0 aliphatic carbocycles. The Morgan fingerprint density at radius 1 is 1.03 bits per heavy atom. The molecule has 166 valence electrons. The number of aryl methyl sites for hydroxylation is 1. The molecule has 1 aliphatic heterocycles. The SMILES string of the molecule is C[C@H]1CN(S(=O)(=O)c2ccn(C)c2)CCN1c1ccc2c(cnn2-c2ccc(F)cc2)c1. The van der Waals surface area contributed by atoms with E-state index < -0.39 is 10.0 Å². The number of anilines is 1. The molecule has 1 saturated heterocycles. The van der Waals surface area contributed by atoms with E-state index in [1.165, 1.54) is 12.1 Å². The smallest absolute Gasteiger partial charge is 0.244 e. The number of benzene rings is 2. The lowest BCUT2D eigenvalue weighted by molar-refractivity contribution is 0.342. The molecule has 0 amide bonds. The second-order valence-corrected chi connectivity index (χ2v) is 10.1. The molecule has 2 aromatic carbocycles. The van der Waals surface area contributed by atoms with Crippen molar-refractivity contribution in [3.05, 3.63) is 72.9 Å². The Labute approximate surface area is 186 Å². The molecule has 7 nitrogen and oxygen atoms in total. The summed E-state index contributed by atoms with van der Waals surface area (Å²) in [7, 11) is -1.69. The van der Waals surface area contributed by atoms with E-state index in [2.05, 4.69) is 16.1 Å². The Bertz CT molecular complexity index is 1380. The monoisotopic (exact) mass is 453 g/mol. The summed E-state index contributed by atoms with van der Waals surface area (Å²) in [4.78, 5) is 2.56. The van der Waals surface area contributed by atoms with Gasteiger partial charge in [-0.3, -0.25) is 0 Å². The van der Waals surface area contributed by atoms with E-state index in [4.69, 9.17) is 0 Å². The fourth-order valence-electron chi connectivity index (χ4n) is 4.29. The zero-order chi connectivity index (χ0) is 22.5. The zero-order valence-electron chi connectivity index (χ0n) is 17.9. The van der Waals surface area contributed by atoms with Crippen molar-refractivity contribution in [2.75, 3.05) is 24.5 Å². The third-order valence-electron chi connectivity index (χ3n) is 5.99. The van der Waals surface area contributed by atoms with Gasteiger partial charge in [-0.2, -0.15) is 9.40 Å². The van der Waals surface area contributed by atoms with Gasteiger partial charge in [0, 0.05) is 56.2 Å². The Balaban J connectivity index is 1.38. The predicted octanol–water partition coefficient (Wildman–Crippen LogP) is 3.40. The lowest BCUT2D eigenvalue weighted by Gasteiger charge is -2.40. The number of rotatable bonds is 4. The van der Waals surface area contributed by atoms with Gasteiger partial charge < -0.3 is 9.47 Å². The fraction of sp³-hybridized carbons (Fsp3) is 0.261. The van der Waals surface area contributed by atoms with Gasteiger partial charge in [0.05, 0.1) is 22.3 Å². The average Bonchev–Trinajstić information content (AvgIpc) is 3.40. The number of hydrogen-bond donors (Lipinski definition) is 0. The van der Waals surface area contributed by atoms with E-state index >= 15 is 0 Å². The molecule has 1 aliphatic rings. The first-order valence-corrected chi connectivity index (χ1v) is 11.9. The van der Waals surface area contributed by atoms with Crippen LogP contribution in [0.25, 0.3) is 16.6 Å². The molecule has 0 spiro atoms. The number of sulfonamides is 1. The van der Waals surface area contributed by atoms with E-state index in [9.17, 15) is 12.8 Å². The summed E-state index contributed by atoms with van der Waals surface area (Å²) in [6.45, 7) is 3.49. The van der Waals surface area contributed by atoms with Crippen molar-refractivity contribution in [3.8, 4) is 5.69 Å². The van der Waals surface area contributed by atoms with Gasteiger partial charge in [-0.15, -0.1) is 0 Å². The molecule has 32 heavy (non-hydrogen) atoms. The Morgan fingerprint density at radius 3 is 2.47 bits per heavy atom. The average molecular weight is 454 g/mol. The van der Waals surface area contributed by atoms with Crippen molar-refractivity contribution in [3.63, 3.8) is 0 Å². The van der Waals surface area contributed by atoms with E-state index in [0.717, 1.165) is 22.3 Å². The molecule has 4 aromatic rings. The molecule has 0 bridgehead atoms. The number of fused-ring (bicyclic) bond motifs is 1. The Kier molecular flexibility index (Phi) is 5.02. The van der Waals surface area contributed by atoms with Crippen LogP contribution in [0.2, 0.25) is 0 Å². The Hall–Kier alpha value is -3.17. The van der Waals surface area contributed by atoms with Crippen LogP contribution < -0.4 is 4.90 Å². The number of halogens is 1. The summed E-state index contributed by atoms with van der Waals surface area (Å²) in [5.41, 5.74) is 2.75. The van der Waals surface area contributed by atoms with Crippen LogP contribution in [0, 0.1) is 5.82 Å². The standard InChI is InChI=1S/C23H24FN5O2S/c1-17-15-27(32(30,31)22-9-10-26(2)16-22)11-12-28(17)21-7-8-23-18(13-21)14-25-29(23)20-5-3-19(24)4-6-20/h3-10,13-14,16-17H,11-12,15H2,1-2H3/t17-/m0/s1. The van der Waals surface area contributed by atoms with Crippen LogP contribution in [0.5, 0.6) is 0 Å². The number of piperazine rings is 1. The first kappa shape index (κ1) is 20.7. The van der Waals surface area contributed by atoms with Gasteiger partial charge in [-0.05, 0) is 55.5 Å². The van der Waals surface area contributed by atoms with Crippen LogP contribution >= 0.6 is 0 Å². The zero-order valence-corrected chi connectivity index (χ0v) is 18.7. The van der Waals surface area contributed by atoms with Gasteiger partial charge >= 0.3 is 0 Å². The normalized spacial score (nSPS) is 17.8. The molecule has 2 aromatic heterocycles. The minimum Gasteiger partial charge on any atom is -0.366 e. The van der Waals surface area contributed by atoms with Gasteiger partial charge in [0.2, 0.25) is 10.0 Å². The number of nitrogens with zero attached hydrogens (tertiary/aromatic N) is 5. The van der Waals surface area contributed by atoms with E-state index in [-0.39, 0.29) is 11.9 Å². The molecule has 3 heterocycles. The molecule has 0 unspecified atom stereocenters. The van der Waals surface area contributed by atoms with E-state index in [1.54, 1.807) is 50.3 Å². The number of aromatic nitrogens is 3. The summed E-state index contributed by atoms with van der Waals surface area (Å²) in [5.74, 6) is -0.282. The van der Waals surface area contributed by atoms with E-state index in [0.29, 0.717) is 24.5 Å². The first-order valence-electron chi connectivity index (χ1n) is 10.5. The minimum atomic E-state index is -3.50. The molecular weight excluding hydrogens is 429 g/mol. The van der Waals surface area contributed by atoms with Gasteiger partial charge in [0.15, 0.2) is 0 Å². The topological polar surface area (TPSA) is 63.4 Å². The fourth-order valence-corrected chi connectivity index (χ4v) is 5.86. The molecule has 0 saturated carbocycles. The highest BCUT2D eigenvalue weighted by molar-refractivity contribution is 7.89. The van der Waals surface area contributed by atoms with Crippen LogP contribution in [0.15, 0.2) is 72.0 Å². The van der Waals surface area contributed by atoms with Crippen molar-refractivity contribution in [2.45, 2.75) is 17.9 Å². The van der Waals surface area contributed by atoms with Gasteiger partial charge in [-0.1, -0.05) is 0 Å². The highest BCUT2D eigenvalue weighted by atomic mass is 32.2. The lowest BCUT2D eigenvalue weighted by Crippen LogP contribution is -2.53. The van der Waals surface area contributed by atoms with Gasteiger partial charge in [-0.25, -0.2) is 17.5 Å². The highest BCUT2D eigenvalue weighted by Crippen LogP contribution is 2.28. The molecular formula is C23H24FN5O2S. The molecule has 9 heteroatoms. The van der Waals surface area contributed by atoms with Gasteiger partial charge in [0.25, 0.3) is 0 Å². The van der Waals surface area contributed by atoms with Crippen LogP contribution in [0.3, 0.4) is 0 Å². The third-order valence-corrected chi connectivity index (χ3v) is 7.84. The van der Waals surface area contributed by atoms with Crippen LogP contribution in [-0.4, -0.2) is 52.7 Å². The summed E-state index contributed by atoms with van der Waals surface area (Å²) >= 11 is 0. The quantitative estimate of drug-likeness (QED) is 0.475. The maximum absolute atomic E-state index is 13.3. The van der Waals surface area contributed by atoms with Crippen molar-refractivity contribution in [1.29, 1.82) is 0 Å². The summed E-state index contributed by atoms with van der Waals surface area (Å²) in [6.07, 6.45) is 5.18. The lowest BCUT2D eigenvalue weighted by atomic mass is 10.1. The van der Waals surface area contributed by atoms with Gasteiger partial charge in [0.1, 0.15) is 5.82 Å². The third kappa shape index (κ3) is 3.57. The first-order chi connectivity index (χ1) is 15.3. The second-order valence-electron chi connectivity index (χ2n) is 8.19. The maximum atomic E-state index is 13.3. The molecule has 5 rings (SSSR count). The van der Waals surface area contributed by atoms with Crippen LogP contribution in [-0.2, 0) is 17.1 Å². The Morgan fingerprint density at radius 2 is 1.78 bits per heavy atom. The predicted molar refractivity (Wildman–Crippen MR) is 122 cm³/mol. The van der Waals surface area contributed by atoms with E-state index in [1.807, 2.05) is 26.1 Å². The molecule has 0 radical (unpaired) electrons. The number of hydrogen-bond acceptors (Lipinski definition) is 4. The second kappa shape index (κ2) is 7.75. The highest BCUT2D eigenvalue weighted by Gasteiger charge is 2.32. The van der Waals surface area contributed by atoms with Crippen LogP contribution in [0.4, 0.5) is 10.1 Å². The largest absolute Gasteiger partial charge is 0.366 e. The minimum absolute atomic E-state index is 0.0202. The molecule has 1 fully saturated rings. The summed E-state index contributed by atoms with van der Waals surface area (Å²) < 4.78 is 44.3.